The van der Waals surface area contributed by atoms with Crippen LogP contribution in [0.15, 0.2) is 37.7 Å². The SMILES string of the molecule is C=C(C)COC(CC)Oc1c(Br)cc(Br)cc1Br. The smallest absolute Gasteiger partial charge is 0.200 e. The lowest BCUT2D eigenvalue weighted by atomic mass is 10.3. The average molecular weight is 443 g/mol. The fraction of sp³-hybridized carbons (Fsp3) is 0.385. The third-order valence-corrected chi connectivity index (χ3v) is 3.70. The third-order valence-electron chi connectivity index (χ3n) is 2.06. The van der Waals surface area contributed by atoms with Crippen LogP contribution in [-0.4, -0.2) is 12.9 Å². The molecule has 1 aromatic carbocycles. The third kappa shape index (κ3) is 5.03. The highest BCUT2D eigenvalue weighted by atomic mass is 79.9. The summed E-state index contributed by atoms with van der Waals surface area (Å²) in [7, 11) is 0. The van der Waals surface area contributed by atoms with Gasteiger partial charge in [0.15, 0.2) is 12.0 Å². The first-order valence-electron chi connectivity index (χ1n) is 5.51. The minimum atomic E-state index is -0.282. The van der Waals surface area contributed by atoms with Gasteiger partial charge in [0.2, 0.25) is 0 Å². The average Bonchev–Trinajstić information content (AvgIpc) is 2.26. The number of benzene rings is 1. The van der Waals surface area contributed by atoms with Crippen molar-refractivity contribution in [3.05, 3.63) is 37.7 Å². The second-order valence-corrected chi connectivity index (χ2v) is 6.55. The van der Waals surface area contributed by atoms with Crippen molar-refractivity contribution in [1.29, 1.82) is 0 Å². The van der Waals surface area contributed by atoms with E-state index in [4.69, 9.17) is 9.47 Å². The van der Waals surface area contributed by atoms with Gasteiger partial charge < -0.3 is 9.47 Å². The van der Waals surface area contributed by atoms with Crippen molar-refractivity contribution in [3.63, 3.8) is 0 Å². The van der Waals surface area contributed by atoms with E-state index >= 15 is 0 Å². The van der Waals surface area contributed by atoms with Gasteiger partial charge in [-0.1, -0.05) is 35.0 Å². The Morgan fingerprint density at radius 1 is 1.28 bits per heavy atom. The summed E-state index contributed by atoms with van der Waals surface area (Å²) in [6.45, 7) is 8.26. The molecule has 0 spiro atoms. The van der Waals surface area contributed by atoms with Crippen molar-refractivity contribution in [2.75, 3.05) is 6.61 Å². The first-order valence-corrected chi connectivity index (χ1v) is 7.89. The molecule has 0 aromatic heterocycles. The van der Waals surface area contributed by atoms with Gasteiger partial charge in [0, 0.05) is 10.9 Å². The molecule has 1 rings (SSSR count). The van der Waals surface area contributed by atoms with Crippen molar-refractivity contribution in [2.45, 2.75) is 26.6 Å². The molecular formula is C13H15Br3O2. The lowest BCUT2D eigenvalue weighted by molar-refractivity contribution is -0.0735. The molecule has 1 atom stereocenters. The van der Waals surface area contributed by atoms with Crippen LogP contribution < -0.4 is 4.74 Å². The van der Waals surface area contributed by atoms with E-state index in [1.807, 2.05) is 26.0 Å². The molecule has 5 heteroatoms. The first-order chi connectivity index (χ1) is 8.43. The van der Waals surface area contributed by atoms with Gasteiger partial charge in [0.1, 0.15) is 0 Å². The minimum Gasteiger partial charge on any atom is -0.463 e. The summed E-state index contributed by atoms with van der Waals surface area (Å²) >= 11 is 10.4. The van der Waals surface area contributed by atoms with Gasteiger partial charge in [-0.2, -0.15) is 0 Å². The van der Waals surface area contributed by atoms with Crippen molar-refractivity contribution >= 4 is 47.8 Å². The summed E-state index contributed by atoms with van der Waals surface area (Å²) in [5.74, 6) is 0.742. The Balaban J connectivity index is 2.78. The molecule has 0 aliphatic carbocycles. The van der Waals surface area contributed by atoms with Crippen LogP contribution in [0, 0.1) is 0 Å². The van der Waals surface area contributed by atoms with Crippen LogP contribution in [0.4, 0.5) is 0 Å². The zero-order valence-electron chi connectivity index (χ0n) is 10.3. The highest BCUT2D eigenvalue weighted by Crippen LogP contribution is 2.37. The van der Waals surface area contributed by atoms with Crippen LogP contribution >= 0.6 is 47.8 Å². The Labute approximate surface area is 133 Å². The molecule has 0 fully saturated rings. The van der Waals surface area contributed by atoms with Crippen LogP contribution in [-0.2, 0) is 4.74 Å². The maximum absolute atomic E-state index is 5.85. The first kappa shape index (κ1) is 16.2. The Morgan fingerprint density at radius 2 is 1.83 bits per heavy atom. The van der Waals surface area contributed by atoms with Gasteiger partial charge in [-0.05, 0) is 50.9 Å². The summed E-state index contributed by atoms with van der Waals surface area (Å²) in [6, 6.07) is 3.87. The van der Waals surface area contributed by atoms with Gasteiger partial charge in [-0.3, -0.25) is 0 Å². The summed E-state index contributed by atoms with van der Waals surface area (Å²) in [5.41, 5.74) is 0.978. The molecule has 100 valence electrons. The summed E-state index contributed by atoms with van der Waals surface area (Å²) < 4.78 is 14.2. The van der Waals surface area contributed by atoms with Crippen molar-refractivity contribution < 1.29 is 9.47 Å². The van der Waals surface area contributed by atoms with Gasteiger partial charge in [0.05, 0.1) is 15.6 Å². The van der Waals surface area contributed by atoms with E-state index in [1.54, 1.807) is 0 Å². The fourth-order valence-electron chi connectivity index (χ4n) is 1.24. The van der Waals surface area contributed by atoms with Gasteiger partial charge in [0.25, 0.3) is 0 Å². The summed E-state index contributed by atoms with van der Waals surface area (Å²) in [5, 5.41) is 0. The number of hydrogen-bond donors (Lipinski definition) is 0. The Bertz CT molecular complexity index is 409. The lowest BCUT2D eigenvalue weighted by Crippen LogP contribution is -2.20. The number of hydrogen-bond acceptors (Lipinski definition) is 2. The standard InChI is InChI=1S/C13H15Br3O2/c1-4-12(17-7-8(2)3)18-13-10(15)5-9(14)6-11(13)16/h5-6,12H,2,4,7H2,1,3H3. The van der Waals surface area contributed by atoms with E-state index in [1.165, 1.54) is 0 Å². The quantitative estimate of drug-likeness (QED) is 0.416. The van der Waals surface area contributed by atoms with Crippen LogP contribution in [0.25, 0.3) is 0 Å². The Hall–Kier alpha value is 0.160. The van der Waals surface area contributed by atoms with E-state index < -0.39 is 0 Å². The van der Waals surface area contributed by atoms with Gasteiger partial charge in [-0.15, -0.1) is 0 Å². The molecule has 0 radical (unpaired) electrons. The molecule has 0 aliphatic rings. The second kappa shape index (κ2) is 7.68. The molecule has 1 aromatic rings. The maximum Gasteiger partial charge on any atom is 0.200 e. The van der Waals surface area contributed by atoms with Gasteiger partial charge in [-0.25, -0.2) is 0 Å². The van der Waals surface area contributed by atoms with Crippen LogP contribution in [0.5, 0.6) is 5.75 Å². The summed E-state index contributed by atoms with van der Waals surface area (Å²) in [6.07, 6.45) is 0.484. The van der Waals surface area contributed by atoms with E-state index in [-0.39, 0.29) is 6.29 Å². The lowest BCUT2D eigenvalue weighted by Gasteiger charge is -2.20. The number of halogens is 3. The number of ether oxygens (including phenoxy) is 2. The van der Waals surface area contributed by atoms with Crippen LogP contribution in [0.2, 0.25) is 0 Å². The van der Waals surface area contributed by atoms with E-state index in [2.05, 4.69) is 54.4 Å². The van der Waals surface area contributed by atoms with E-state index in [9.17, 15) is 0 Å². The molecule has 1 unspecified atom stereocenters. The van der Waals surface area contributed by atoms with Crippen molar-refractivity contribution in [3.8, 4) is 5.75 Å². The fourth-order valence-corrected chi connectivity index (χ4v) is 3.69. The number of rotatable bonds is 6. The van der Waals surface area contributed by atoms with Gasteiger partial charge >= 0.3 is 0 Å². The predicted molar refractivity (Wildman–Crippen MR) is 85.0 cm³/mol. The molecule has 0 saturated carbocycles. The normalized spacial score (nSPS) is 12.3. The molecular weight excluding hydrogens is 428 g/mol. The Morgan fingerprint density at radius 3 is 2.28 bits per heavy atom. The van der Waals surface area contributed by atoms with Crippen LogP contribution in [0.3, 0.4) is 0 Å². The molecule has 0 heterocycles. The molecule has 2 nitrogen and oxygen atoms in total. The minimum absolute atomic E-state index is 0.282. The zero-order valence-corrected chi connectivity index (χ0v) is 15.1. The van der Waals surface area contributed by atoms with E-state index in [0.717, 1.165) is 31.2 Å². The highest BCUT2D eigenvalue weighted by molar-refractivity contribution is 9.11. The zero-order chi connectivity index (χ0) is 13.7. The second-order valence-electron chi connectivity index (χ2n) is 3.92. The largest absolute Gasteiger partial charge is 0.463 e. The molecule has 18 heavy (non-hydrogen) atoms. The van der Waals surface area contributed by atoms with Crippen molar-refractivity contribution in [2.24, 2.45) is 0 Å². The molecule has 0 aliphatic heterocycles. The predicted octanol–water partition coefficient (Wildman–Crippen LogP) is 5.68. The summed E-state index contributed by atoms with van der Waals surface area (Å²) in [4.78, 5) is 0. The maximum atomic E-state index is 5.85. The van der Waals surface area contributed by atoms with Crippen LogP contribution in [0.1, 0.15) is 20.3 Å². The monoisotopic (exact) mass is 440 g/mol. The Kier molecular flexibility index (Phi) is 6.92. The molecule has 0 amide bonds. The topological polar surface area (TPSA) is 18.5 Å². The molecule has 0 bridgehead atoms. The molecule has 0 saturated heterocycles. The van der Waals surface area contributed by atoms with E-state index in [0.29, 0.717) is 6.61 Å². The highest BCUT2D eigenvalue weighted by Gasteiger charge is 2.14. The van der Waals surface area contributed by atoms with Crippen molar-refractivity contribution in [1.82, 2.24) is 0 Å². The molecule has 0 N–H and O–H groups in total.